The van der Waals surface area contributed by atoms with E-state index in [9.17, 15) is 13.2 Å². The maximum atomic E-state index is 12.2. The molecule has 1 amide bonds. The van der Waals surface area contributed by atoms with Crippen molar-refractivity contribution in [1.29, 1.82) is 0 Å². The monoisotopic (exact) mass is 343 g/mol. The lowest BCUT2D eigenvalue weighted by atomic mass is 10.0. The summed E-state index contributed by atoms with van der Waals surface area (Å²) < 4.78 is 25.8. The van der Waals surface area contributed by atoms with E-state index in [2.05, 4.69) is 27.0 Å². The molecule has 1 aromatic rings. The second kappa shape index (κ2) is 5.92. The average Bonchev–Trinajstić information content (AvgIpc) is 3.11. The SMILES string of the molecule is CNC(=O)[C@@H]1C[C@H]2CN(Cc3ccsc3)C[C@H]2N1S(C)(=O)=O. The molecule has 1 N–H and O–H groups in total. The predicted octanol–water partition coefficient (Wildman–Crippen LogP) is 0.328. The Hall–Kier alpha value is -0.960. The molecule has 6 nitrogen and oxygen atoms in total. The molecule has 1 aromatic heterocycles. The molecule has 0 spiro atoms. The first kappa shape index (κ1) is 15.9. The van der Waals surface area contributed by atoms with Crippen molar-refractivity contribution in [3.63, 3.8) is 0 Å². The molecule has 3 heterocycles. The molecule has 3 rings (SSSR count). The summed E-state index contributed by atoms with van der Waals surface area (Å²) >= 11 is 1.67. The molecule has 8 heteroatoms. The van der Waals surface area contributed by atoms with Crippen LogP contribution in [0.5, 0.6) is 0 Å². The number of nitrogens with one attached hydrogen (secondary N) is 1. The van der Waals surface area contributed by atoms with Crippen LogP contribution in [-0.4, -0.2) is 62.0 Å². The van der Waals surface area contributed by atoms with Gasteiger partial charge in [0.05, 0.1) is 6.26 Å². The Morgan fingerprint density at radius 1 is 1.45 bits per heavy atom. The first-order valence-electron chi connectivity index (χ1n) is 7.33. The van der Waals surface area contributed by atoms with Crippen LogP contribution < -0.4 is 5.32 Å². The van der Waals surface area contributed by atoms with E-state index >= 15 is 0 Å². The molecule has 122 valence electrons. The number of nitrogens with zero attached hydrogens (tertiary/aromatic N) is 2. The minimum absolute atomic E-state index is 0.0871. The Morgan fingerprint density at radius 3 is 2.82 bits per heavy atom. The third-order valence-electron chi connectivity index (χ3n) is 4.56. The number of carbonyl (C=O) groups excluding carboxylic acids is 1. The van der Waals surface area contributed by atoms with Crippen LogP contribution in [-0.2, 0) is 21.4 Å². The van der Waals surface area contributed by atoms with Crippen molar-refractivity contribution < 1.29 is 13.2 Å². The third kappa shape index (κ3) is 2.92. The summed E-state index contributed by atoms with van der Waals surface area (Å²) in [6, 6.07) is 1.45. The lowest BCUT2D eigenvalue weighted by Gasteiger charge is -2.27. The number of likely N-dealkylation sites (tertiary alicyclic amines) is 1. The number of hydrogen-bond acceptors (Lipinski definition) is 5. The van der Waals surface area contributed by atoms with Crippen LogP contribution in [0.2, 0.25) is 0 Å². The second-order valence-electron chi connectivity index (χ2n) is 6.11. The van der Waals surface area contributed by atoms with E-state index in [4.69, 9.17) is 0 Å². The molecule has 2 fully saturated rings. The summed E-state index contributed by atoms with van der Waals surface area (Å²) in [4.78, 5) is 14.3. The first-order valence-corrected chi connectivity index (χ1v) is 10.1. The highest BCUT2D eigenvalue weighted by Gasteiger charge is 2.52. The maximum absolute atomic E-state index is 12.2. The molecule has 3 atom stereocenters. The summed E-state index contributed by atoms with van der Waals surface area (Å²) in [7, 11) is -1.84. The van der Waals surface area contributed by atoms with Crippen molar-refractivity contribution >= 4 is 27.3 Å². The number of rotatable bonds is 4. The highest BCUT2D eigenvalue weighted by molar-refractivity contribution is 7.88. The lowest BCUT2D eigenvalue weighted by molar-refractivity contribution is -0.124. The van der Waals surface area contributed by atoms with Gasteiger partial charge in [-0.15, -0.1) is 0 Å². The molecule has 0 unspecified atom stereocenters. The average molecular weight is 343 g/mol. The quantitative estimate of drug-likeness (QED) is 0.855. The molecule has 0 saturated carbocycles. The van der Waals surface area contributed by atoms with E-state index in [-0.39, 0.29) is 17.9 Å². The summed E-state index contributed by atoms with van der Waals surface area (Å²) in [5.41, 5.74) is 1.26. The number of fused-ring (bicyclic) bond motifs is 1. The Kier molecular flexibility index (Phi) is 4.28. The second-order valence-corrected chi connectivity index (χ2v) is 8.78. The standard InChI is InChI=1S/C14H21N3O3S2/c1-15-14(18)12-5-11-7-16(6-10-3-4-21-9-10)8-13(11)17(12)22(2,19)20/h3-4,9,11-13H,5-8H2,1-2H3,(H,15,18)/t11-,12-,13+/m0/s1. The number of hydrogen-bond donors (Lipinski definition) is 1. The van der Waals surface area contributed by atoms with Crippen molar-refractivity contribution in [2.75, 3.05) is 26.4 Å². The highest BCUT2D eigenvalue weighted by Crippen LogP contribution is 2.38. The molecular formula is C14H21N3O3S2. The van der Waals surface area contributed by atoms with E-state index in [1.807, 2.05) is 0 Å². The van der Waals surface area contributed by atoms with Gasteiger partial charge in [-0.25, -0.2) is 8.42 Å². The molecule has 0 radical (unpaired) electrons. The zero-order chi connectivity index (χ0) is 15.9. The van der Waals surface area contributed by atoms with Crippen LogP contribution in [0.3, 0.4) is 0 Å². The fraction of sp³-hybridized carbons (Fsp3) is 0.643. The zero-order valence-electron chi connectivity index (χ0n) is 12.7. The molecule has 0 aromatic carbocycles. The Bertz CT molecular complexity index is 644. The Labute approximate surface area is 135 Å². The van der Waals surface area contributed by atoms with Gasteiger partial charge in [-0.2, -0.15) is 15.6 Å². The van der Waals surface area contributed by atoms with Gasteiger partial charge in [0.15, 0.2) is 0 Å². The van der Waals surface area contributed by atoms with Crippen molar-refractivity contribution in [2.45, 2.75) is 25.0 Å². The van der Waals surface area contributed by atoms with Gasteiger partial charge in [0.1, 0.15) is 6.04 Å². The van der Waals surface area contributed by atoms with Crippen LogP contribution in [0.1, 0.15) is 12.0 Å². The van der Waals surface area contributed by atoms with Gasteiger partial charge in [-0.3, -0.25) is 9.69 Å². The van der Waals surface area contributed by atoms with Crippen molar-refractivity contribution in [3.8, 4) is 0 Å². The van der Waals surface area contributed by atoms with Crippen LogP contribution in [0.25, 0.3) is 0 Å². The zero-order valence-corrected chi connectivity index (χ0v) is 14.4. The molecular weight excluding hydrogens is 322 g/mol. The van der Waals surface area contributed by atoms with E-state index in [0.29, 0.717) is 13.0 Å². The maximum Gasteiger partial charge on any atom is 0.238 e. The normalized spacial score (nSPS) is 29.6. The summed E-state index contributed by atoms with van der Waals surface area (Å²) in [5.74, 6) is 0.0277. The number of amides is 1. The smallest absolute Gasteiger partial charge is 0.238 e. The molecule has 0 aliphatic carbocycles. The van der Waals surface area contributed by atoms with Crippen LogP contribution in [0, 0.1) is 5.92 Å². The van der Waals surface area contributed by atoms with E-state index in [0.717, 1.165) is 13.1 Å². The van der Waals surface area contributed by atoms with E-state index in [1.165, 1.54) is 16.1 Å². The van der Waals surface area contributed by atoms with Crippen molar-refractivity contribution in [3.05, 3.63) is 22.4 Å². The first-order chi connectivity index (χ1) is 10.4. The van der Waals surface area contributed by atoms with Gasteiger partial charge in [0.25, 0.3) is 0 Å². The highest BCUT2D eigenvalue weighted by atomic mass is 32.2. The van der Waals surface area contributed by atoms with Gasteiger partial charge in [-0.05, 0) is 34.7 Å². The van der Waals surface area contributed by atoms with E-state index < -0.39 is 16.1 Å². The van der Waals surface area contributed by atoms with Gasteiger partial charge >= 0.3 is 0 Å². The molecule has 0 bridgehead atoms. The van der Waals surface area contributed by atoms with Crippen LogP contribution in [0.4, 0.5) is 0 Å². The fourth-order valence-electron chi connectivity index (χ4n) is 3.72. The van der Waals surface area contributed by atoms with Gasteiger partial charge < -0.3 is 5.32 Å². The summed E-state index contributed by atoms with van der Waals surface area (Å²) in [6.45, 7) is 2.39. The topological polar surface area (TPSA) is 69.7 Å². The minimum Gasteiger partial charge on any atom is -0.358 e. The predicted molar refractivity (Wildman–Crippen MR) is 86.0 cm³/mol. The molecule has 2 saturated heterocycles. The number of sulfonamides is 1. The van der Waals surface area contributed by atoms with Crippen LogP contribution >= 0.6 is 11.3 Å². The van der Waals surface area contributed by atoms with Gasteiger partial charge in [0.2, 0.25) is 15.9 Å². The number of carbonyl (C=O) groups is 1. The Balaban J connectivity index is 1.76. The third-order valence-corrected chi connectivity index (χ3v) is 6.58. The fourth-order valence-corrected chi connectivity index (χ4v) is 5.75. The Morgan fingerprint density at radius 2 is 2.23 bits per heavy atom. The van der Waals surface area contributed by atoms with Crippen LogP contribution in [0.15, 0.2) is 16.8 Å². The molecule has 2 aliphatic rings. The summed E-state index contributed by atoms with van der Waals surface area (Å²) in [6.07, 6.45) is 1.81. The molecule has 2 aliphatic heterocycles. The molecule has 22 heavy (non-hydrogen) atoms. The van der Waals surface area contributed by atoms with Gasteiger partial charge in [0, 0.05) is 32.7 Å². The van der Waals surface area contributed by atoms with Crippen molar-refractivity contribution in [1.82, 2.24) is 14.5 Å². The van der Waals surface area contributed by atoms with Crippen molar-refractivity contribution in [2.24, 2.45) is 5.92 Å². The minimum atomic E-state index is -3.40. The largest absolute Gasteiger partial charge is 0.358 e. The number of likely N-dealkylation sites (N-methyl/N-ethyl adjacent to an activating group) is 1. The van der Waals surface area contributed by atoms with E-state index in [1.54, 1.807) is 18.4 Å². The lowest BCUT2D eigenvalue weighted by Crippen LogP contribution is -2.49. The number of thiophene rings is 1. The summed E-state index contributed by atoms with van der Waals surface area (Å²) in [5, 5.41) is 6.76. The van der Waals surface area contributed by atoms with Gasteiger partial charge in [-0.1, -0.05) is 0 Å².